The smallest absolute Gasteiger partial charge is 0.321 e. The van der Waals surface area contributed by atoms with Crippen LogP contribution < -0.4 is 15.0 Å². The zero-order valence-corrected chi connectivity index (χ0v) is 21.4. The van der Waals surface area contributed by atoms with E-state index in [0.717, 1.165) is 38.0 Å². The van der Waals surface area contributed by atoms with Crippen LogP contribution in [0.3, 0.4) is 0 Å². The average Bonchev–Trinajstić information content (AvgIpc) is 3.20. The first-order chi connectivity index (χ1) is 18.0. The fourth-order valence-electron chi connectivity index (χ4n) is 5.75. The van der Waals surface area contributed by atoms with Crippen LogP contribution in [0.25, 0.3) is 0 Å². The number of anilines is 2. The van der Waals surface area contributed by atoms with Gasteiger partial charge >= 0.3 is 6.03 Å². The SMILES string of the molecule is COc1ccccc1NC(=O)N1CCC2(CC1)C(=O)N(CC(=O)N1CCCCC1)CN2c1ccccc1. The molecular formula is C28H35N5O4. The van der Waals surface area contributed by atoms with E-state index in [1.165, 1.54) is 0 Å². The van der Waals surface area contributed by atoms with Crippen LogP contribution in [-0.2, 0) is 9.59 Å². The molecule has 9 nitrogen and oxygen atoms in total. The molecule has 4 amide bonds. The Hall–Kier alpha value is -3.75. The molecule has 3 saturated heterocycles. The van der Waals surface area contributed by atoms with Crippen molar-refractivity contribution in [2.24, 2.45) is 0 Å². The average molecular weight is 506 g/mol. The molecule has 196 valence electrons. The van der Waals surface area contributed by atoms with Gasteiger partial charge in [0.1, 0.15) is 17.8 Å². The molecule has 2 aromatic carbocycles. The number of nitrogens with one attached hydrogen (secondary N) is 1. The lowest BCUT2D eigenvalue weighted by atomic mass is 9.85. The molecule has 3 fully saturated rings. The van der Waals surface area contributed by atoms with Crippen molar-refractivity contribution < 1.29 is 19.1 Å². The number of urea groups is 1. The largest absolute Gasteiger partial charge is 0.495 e. The van der Waals surface area contributed by atoms with Crippen LogP contribution in [0.5, 0.6) is 5.75 Å². The third-order valence-corrected chi connectivity index (χ3v) is 7.84. The van der Waals surface area contributed by atoms with E-state index in [9.17, 15) is 14.4 Å². The molecule has 5 rings (SSSR count). The van der Waals surface area contributed by atoms with Crippen molar-refractivity contribution in [2.75, 3.05) is 56.7 Å². The van der Waals surface area contributed by atoms with Gasteiger partial charge in [0.05, 0.1) is 19.5 Å². The summed E-state index contributed by atoms with van der Waals surface area (Å²) in [5.41, 5.74) is 0.793. The molecule has 3 heterocycles. The van der Waals surface area contributed by atoms with Crippen LogP contribution in [0.2, 0.25) is 0 Å². The van der Waals surface area contributed by atoms with E-state index in [1.54, 1.807) is 29.0 Å². The highest BCUT2D eigenvalue weighted by molar-refractivity contribution is 5.97. The van der Waals surface area contributed by atoms with E-state index in [4.69, 9.17) is 4.74 Å². The summed E-state index contributed by atoms with van der Waals surface area (Å²) in [5, 5.41) is 2.94. The number of amides is 4. The first kappa shape index (κ1) is 24.9. The van der Waals surface area contributed by atoms with Crippen LogP contribution >= 0.6 is 0 Å². The van der Waals surface area contributed by atoms with Crippen LogP contribution in [-0.4, -0.2) is 84.6 Å². The van der Waals surface area contributed by atoms with E-state index in [-0.39, 0.29) is 24.4 Å². The normalized spacial score (nSPS) is 19.3. The molecule has 0 radical (unpaired) electrons. The number of carbonyl (C=O) groups is 3. The van der Waals surface area contributed by atoms with Gasteiger partial charge in [0, 0.05) is 31.9 Å². The minimum atomic E-state index is -0.773. The summed E-state index contributed by atoms with van der Waals surface area (Å²) in [5.74, 6) is 0.595. The molecule has 37 heavy (non-hydrogen) atoms. The predicted octanol–water partition coefficient (Wildman–Crippen LogP) is 3.38. The second-order valence-electron chi connectivity index (χ2n) is 10.00. The Balaban J connectivity index is 1.31. The monoisotopic (exact) mass is 505 g/mol. The summed E-state index contributed by atoms with van der Waals surface area (Å²) >= 11 is 0. The molecule has 0 aromatic heterocycles. The second kappa shape index (κ2) is 10.7. The van der Waals surface area contributed by atoms with E-state index in [1.807, 2.05) is 47.4 Å². The number of likely N-dealkylation sites (tertiary alicyclic amines) is 2. The van der Waals surface area contributed by atoms with Crippen LogP contribution in [0, 0.1) is 0 Å². The van der Waals surface area contributed by atoms with Gasteiger partial charge in [-0.15, -0.1) is 0 Å². The number of ether oxygens (including phenoxy) is 1. The number of hydrogen-bond acceptors (Lipinski definition) is 5. The van der Waals surface area contributed by atoms with Gasteiger partial charge in [-0.05, 0) is 56.4 Å². The number of para-hydroxylation sites is 3. The molecule has 1 N–H and O–H groups in total. The highest BCUT2D eigenvalue weighted by Crippen LogP contribution is 2.39. The number of benzene rings is 2. The summed E-state index contributed by atoms with van der Waals surface area (Å²) in [7, 11) is 1.57. The van der Waals surface area contributed by atoms with Crippen LogP contribution in [0.1, 0.15) is 32.1 Å². The number of methoxy groups -OCH3 is 1. The van der Waals surface area contributed by atoms with Gasteiger partial charge in [0.25, 0.3) is 5.91 Å². The number of carbonyl (C=O) groups excluding carboxylic acids is 3. The number of piperidine rings is 2. The highest BCUT2D eigenvalue weighted by Gasteiger charge is 2.54. The molecule has 0 bridgehead atoms. The maximum absolute atomic E-state index is 13.9. The summed E-state index contributed by atoms with van der Waals surface area (Å²) in [6, 6.07) is 17.0. The maximum Gasteiger partial charge on any atom is 0.321 e. The van der Waals surface area contributed by atoms with Crippen molar-refractivity contribution in [1.82, 2.24) is 14.7 Å². The molecule has 3 aliphatic heterocycles. The standard InChI is InChI=1S/C28H35N5O4/c1-37-24-13-7-6-12-23(24)29-27(36)31-18-14-28(15-19-31)26(35)32(20-25(34)30-16-8-3-9-17-30)21-33(28)22-10-4-2-5-11-22/h2,4-7,10-13H,3,8-9,14-21H2,1H3,(H,29,36). The second-order valence-corrected chi connectivity index (χ2v) is 10.00. The van der Waals surface area contributed by atoms with Crippen LogP contribution in [0.15, 0.2) is 54.6 Å². The molecular weight excluding hydrogens is 470 g/mol. The van der Waals surface area contributed by atoms with Crippen molar-refractivity contribution >= 4 is 29.2 Å². The van der Waals surface area contributed by atoms with Crippen molar-refractivity contribution in [3.05, 3.63) is 54.6 Å². The molecule has 3 aliphatic rings. The summed E-state index contributed by atoms with van der Waals surface area (Å²) in [4.78, 5) is 47.5. The lowest BCUT2D eigenvalue weighted by Gasteiger charge is -2.43. The van der Waals surface area contributed by atoms with E-state index in [2.05, 4.69) is 10.2 Å². The van der Waals surface area contributed by atoms with Gasteiger partial charge in [0.2, 0.25) is 5.91 Å². The van der Waals surface area contributed by atoms with E-state index < -0.39 is 5.54 Å². The Bertz CT molecular complexity index is 1130. The topological polar surface area (TPSA) is 85.4 Å². The Kier molecular flexibility index (Phi) is 7.21. The zero-order chi connectivity index (χ0) is 25.8. The van der Waals surface area contributed by atoms with Gasteiger partial charge < -0.3 is 29.7 Å². The van der Waals surface area contributed by atoms with Gasteiger partial charge in [-0.2, -0.15) is 0 Å². The molecule has 9 heteroatoms. The molecule has 0 atom stereocenters. The minimum Gasteiger partial charge on any atom is -0.495 e. The van der Waals surface area contributed by atoms with Gasteiger partial charge in [-0.3, -0.25) is 9.59 Å². The fraction of sp³-hybridized carbons (Fsp3) is 0.464. The molecule has 0 saturated carbocycles. The number of nitrogens with zero attached hydrogens (tertiary/aromatic N) is 4. The third-order valence-electron chi connectivity index (χ3n) is 7.84. The fourth-order valence-corrected chi connectivity index (χ4v) is 5.75. The Labute approximate surface area is 217 Å². The lowest BCUT2D eigenvalue weighted by molar-refractivity contribution is -0.141. The number of rotatable bonds is 5. The van der Waals surface area contributed by atoms with Crippen molar-refractivity contribution in [3.8, 4) is 5.75 Å². The first-order valence-corrected chi connectivity index (χ1v) is 13.1. The van der Waals surface area contributed by atoms with Crippen molar-refractivity contribution in [3.63, 3.8) is 0 Å². The molecule has 0 unspecified atom stereocenters. The zero-order valence-electron chi connectivity index (χ0n) is 21.4. The summed E-state index contributed by atoms with van der Waals surface area (Å²) < 4.78 is 5.35. The Morgan fingerprint density at radius 2 is 1.57 bits per heavy atom. The summed E-state index contributed by atoms with van der Waals surface area (Å²) in [6.07, 6.45) is 4.18. The van der Waals surface area contributed by atoms with Crippen molar-refractivity contribution in [2.45, 2.75) is 37.6 Å². The minimum absolute atomic E-state index is 0.0201. The van der Waals surface area contributed by atoms with Gasteiger partial charge in [-0.25, -0.2) is 4.79 Å². The predicted molar refractivity (Wildman–Crippen MR) is 141 cm³/mol. The summed E-state index contributed by atoms with van der Waals surface area (Å²) in [6.45, 7) is 2.88. The molecule has 2 aromatic rings. The van der Waals surface area contributed by atoms with E-state index >= 15 is 0 Å². The van der Waals surface area contributed by atoms with Gasteiger partial charge in [0.15, 0.2) is 0 Å². The first-order valence-electron chi connectivity index (χ1n) is 13.1. The van der Waals surface area contributed by atoms with E-state index in [0.29, 0.717) is 44.0 Å². The maximum atomic E-state index is 13.9. The third kappa shape index (κ3) is 4.95. The quantitative estimate of drug-likeness (QED) is 0.674. The molecule has 1 spiro atoms. The Morgan fingerprint density at radius 3 is 2.27 bits per heavy atom. The number of hydrogen-bond donors (Lipinski definition) is 1. The van der Waals surface area contributed by atoms with Crippen molar-refractivity contribution in [1.29, 1.82) is 0 Å². The molecule has 0 aliphatic carbocycles. The Morgan fingerprint density at radius 1 is 0.892 bits per heavy atom. The van der Waals surface area contributed by atoms with Crippen LogP contribution in [0.4, 0.5) is 16.2 Å². The van der Waals surface area contributed by atoms with Gasteiger partial charge in [-0.1, -0.05) is 30.3 Å². The lowest BCUT2D eigenvalue weighted by Crippen LogP contribution is -2.58. The highest BCUT2D eigenvalue weighted by atomic mass is 16.5.